The average Bonchev–Trinajstić information content (AvgIpc) is 2.06. The first-order valence-corrected chi connectivity index (χ1v) is 4.77. The van der Waals surface area contributed by atoms with E-state index < -0.39 is 11.9 Å². The van der Waals surface area contributed by atoms with Crippen LogP contribution in [0.3, 0.4) is 0 Å². The van der Waals surface area contributed by atoms with Crippen LogP contribution < -0.4 is 0 Å². The highest BCUT2D eigenvalue weighted by Crippen LogP contribution is 2.30. The molecule has 0 radical (unpaired) electrons. The number of hydrogen-bond donors (Lipinski definition) is 1. The first-order valence-electron chi connectivity index (χ1n) is 3.61. The molecular weight excluding hydrogens is 164 g/mol. The fraction of sp³-hybridized carbons (Fsp3) is 1.00. The molecule has 1 fully saturated rings. The minimum atomic E-state index is -0.745. The minimum absolute atomic E-state index is 0.503. The molecule has 0 unspecified atom stereocenters. The van der Waals surface area contributed by atoms with Gasteiger partial charge in [0.05, 0.1) is 0 Å². The van der Waals surface area contributed by atoms with Gasteiger partial charge in [0.25, 0.3) is 0 Å². The van der Waals surface area contributed by atoms with E-state index in [0.717, 1.165) is 12.2 Å². The van der Waals surface area contributed by atoms with Crippen LogP contribution in [0, 0.1) is 0 Å². The Morgan fingerprint density at radius 1 is 1.45 bits per heavy atom. The molecule has 1 heterocycles. The highest BCUT2D eigenvalue weighted by Gasteiger charge is 2.40. The molecule has 11 heavy (non-hydrogen) atoms. The first-order chi connectivity index (χ1) is 5.25. The molecule has 0 aromatic carbocycles. The molecule has 0 saturated carbocycles. The molecule has 1 aliphatic rings. The maximum Gasteiger partial charge on any atom is 0.195 e. The highest BCUT2D eigenvalue weighted by molar-refractivity contribution is 7.99. The van der Waals surface area contributed by atoms with Crippen LogP contribution in [0.2, 0.25) is 0 Å². The zero-order valence-corrected chi connectivity index (χ0v) is 7.69. The van der Waals surface area contributed by atoms with Crippen LogP contribution in [0.25, 0.3) is 0 Å². The Balaban J connectivity index is 2.61. The molecule has 0 bridgehead atoms. The average molecular weight is 178 g/mol. The molecule has 1 saturated heterocycles. The summed E-state index contributed by atoms with van der Waals surface area (Å²) in [6.45, 7) is 0. The van der Waals surface area contributed by atoms with Crippen molar-refractivity contribution in [1.82, 2.24) is 0 Å². The number of aliphatic hydroxyl groups is 1. The van der Waals surface area contributed by atoms with E-state index in [1.54, 1.807) is 26.0 Å². The van der Waals surface area contributed by atoms with Crippen LogP contribution in [-0.4, -0.2) is 42.7 Å². The van der Waals surface area contributed by atoms with Crippen LogP contribution in [0.15, 0.2) is 0 Å². The summed E-state index contributed by atoms with van der Waals surface area (Å²) in [6.07, 6.45) is 0.252. The summed E-state index contributed by atoms with van der Waals surface area (Å²) < 4.78 is 10.3. The third-order valence-corrected chi connectivity index (χ3v) is 3.11. The van der Waals surface area contributed by atoms with Crippen molar-refractivity contribution >= 4 is 11.8 Å². The van der Waals surface area contributed by atoms with Crippen molar-refractivity contribution in [1.29, 1.82) is 0 Å². The Hall–Kier alpha value is 0.230. The number of rotatable bonds is 2. The second-order valence-corrected chi connectivity index (χ2v) is 3.71. The fourth-order valence-electron chi connectivity index (χ4n) is 1.26. The van der Waals surface area contributed by atoms with Crippen molar-refractivity contribution in [2.24, 2.45) is 0 Å². The Kier molecular flexibility index (Phi) is 3.18. The third kappa shape index (κ3) is 1.69. The molecule has 1 N–H and O–H groups in total. The topological polar surface area (TPSA) is 38.7 Å². The zero-order valence-electron chi connectivity index (χ0n) is 6.87. The maximum absolute atomic E-state index is 9.55. The normalized spacial score (nSPS) is 30.3. The van der Waals surface area contributed by atoms with Gasteiger partial charge in [-0.15, -0.1) is 0 Å². The van der Waals surface area contributed by atoms with Gasteiger partial charge in [0.15, 0.2) is 5.79 Å². The Morgan fingerprint density at radius 2 is 2.09 bits per heavy atom. The van der Waals surface area contributed by atoms with Gasteiger partial charge in [-0.05, 0) is 5.75 Å². The fourth-order valence-corrected chi connectivity index (χ4v) is 2.34. The number of thioether (sulfide) groups is 1. The van der Waals surface area contributed by atoms with Gasteiger partial charge < -0.3 is 14.6 Å². The summed E-state index contributed by atoms with van der Waals surface area (Å²) >= 11 is 1.73. The minimum Gasteiger partial charge on any atom is -0.387 e. The van der Waals surface area contributed by atoms with Gasteiger partial charge in [0.1, 0.15) is 6.10 Å². The van der Waals surface area contributed by atoms with Crippen LogP contribution >= 0.6 is 11.8 Å². The van der Waals surface area contributed by atoms with Gasteiger partial charge in [-0.3, -0.25) is 0 Å². The molecule has 4 heteroatoms. The lowest BCUT2D eigenvalue weighted by Gasteiger charge is -2.38. The second-order valence-electron chi connectivity index (χ2n) is 2.56. The van der Waals surface area contributed by atoms with E-state index in [4.69, 9.17) is 9.47 Å². The van der Waals surface area contributed by atoms with Crippen molar-refractivity contribution in [2.45, 2.75) is 18.3 Å². The first kappa shape index (κ1) is 9.32. The van der Waals surface area contributed by atoms with E-state index >= 15 is 0 Å². The van der Waals surface area contributed by atoms with Gasteiger partial charge in [-0.25, -0.2) is 0 Å². The van der Waals surface area contributed by atoms with Crippen LogP contribution in [0.1, 0.15) is 6.42 Å². The van der Waals surface area contributed by atoms with Gasteiger partial charge in [-0.2, -0.15) is 11.8 Å². The molecule has 66 valence electrons. The standard InChI is InChI=1S/C7H14O3S/c1-9-7(10-2)3-4-11-5-6(7)8/h6,8H,3-5H2,1-2H3/t6-/m0/s1. The number of ether oxygens (including phenoxy) is 2. The van der Waals surface area contributed by atoms with Gasteiger partial charge >= 0.3 is 0 Å². The second kappa shape index (κ2) is 3.76. The third-order valence-electron chi connectivity index (χ3n) is 2.07. The zero-order chi connectivity index (χ0) is 8.32. The van der Waals surface area contributed by atoms with Gasteiger partial charge in [-0.1, -0.05) is 0 Å². The van der Waals surface area contributed by atoms with E-state index in [1.807, 2.05) is 0 Å². The van der Waals surface area contributed by atoms with Gasteiger partial charge in [0, 0.05) is 26.4 Å². The summed E-state index contributed by atoms with van der Waals surface area (Å²) in [5, 5.41) is 9.55. The summed E-state index contributed by atoms with van der Waals surface area (Å²) in [5.41, 5.74) is 0. The molecular formula is C7H14O3S. The molecule has 1 aliphatic heterocycles. The smallest absolute Gasteiger partial charge is 0.195 e. The Bertz CT molecular complexity index is 125. The lowest BCUT2D eigenvalue weighted by atomic mass is 10.1. The Labute approximate surface area is 71.1 Å². The van der Waals surface area contributed by atoms with E-state index in [0.29, 0.717) is 5.75 Å². The molecule has 1 atom stereocenters. The predicted molar refractivity (Wildman–Crippen MR) is 44.7 cm³/mol. The number of methoxy groups -OCH3 is 2. The maximum atomic E-state index is 9.55. The van der Waals surface area contributed by atoms with Crippen molar-refractivity contribution < 1.29 is 14.6 Å². The monoisotopic (exact) mass is 178 g/mol. The molecule has 0 spiro atoms. The SMILES string of the molecule is COC1(OC)CCSC[C@@H]1O. The van der Waals surface area contributed by atoms with Crippen molar-refractivity contribution in [2.75, 3.05) is 25.7 Å². The number of aliphatic hydroxyl groups excluding tert-OH is 1. The highest BCUT2D eigenvalue weighted by atomic mass is 32.2. The van der Waals surface area contributed by atoms with Crippen LogP contribution in [0.5, 0.6) is 0 Å². The molecule has 1 rings (SSSR count). The van der Waals surface area contributed by atoms with E-state index in [-0.39, 0.29) is 0 Å². The van der Waals surface area contributed by atoms with Gasteiger partial charge in [0.2, 0.25) is 0 Å². The summed E-state index contributed by atoms with van der Waals surface area (Å²) in [6, 6.07) is 0. The molecule has 0 aromatic rings. The van der Waals surface area contributed by atoms with E-state index in [1.165, 1.54) is 0 Å². The predicted octanol–water partition coefficient (Wildman–Crippen LogP) is 0.473. The Morgan fingerprint density at radius 3 is 2.45 bits per heavy atom. The largest absolute Gasteiger partial charge is 0.387 e. The molecule has 0 aromatic heterocycles. The summed E-state index contributed by atoms with van der Waals surface area (Å²) in [7, 11) is 3.14. The quantitative estimate of drug-likeness (QED) is 0.624. The van der Waals surface area contributed by atoms with E-state index in [9.17, 15) is 5.11 Å². The van der Waals surface area contributed by atoms with Crippen molar-refractivity contribution in [3.05, 3.63) is 0 Å². The molecule has 0 amide bonds. The number of hydrogen-bond acceptors (Lipinski definition) is 4. The molecule has 0 aliphatic carbocycles. The van der Waals surface area contributed by atoms with Crippen molar-refractivity contribution in [3.63, 3.8) is 0 Å². The van der Waals surface area contributed by atoms with E-state index in [2.05, 4.69) is 0 Å². The summed E-state index contributed by atoms with van der Waals surface area (Å²) in [4.78, 5) is 0. The van der Waals surface area contributed by atoms with Crippen LogP contribution in [-0.2, 0) is 9.47 Å². The lowest BCUT2D eigenvalue weighted by molar-refractivity contribution is -0.255. The lowest BCUT2D eigenvalue weighted by Crippen LogP contribution is -2.50. The summed E-state index contributed by atoms with van der Waals surface area (Å²) in [5.74, 6) is 0.936. The van der Waals surface area contributed by atoms with Crippen molar-refractivity contribution in [3.8, 4) is 0 Å². The molecule has 3 nitrogen and oxygen atoms in total. The van der Waals surface area contributed by atoms with Crippen LogP contribution in [0.4, 0.5) is 0 Å².